The first-order valence-electron chi connectivity index (χ1n) is 5.16. The van der Waals surface area contributed by atoms with Crippen molar-refractivity contribution in [1.82, 2.24) is 14.4 Å². The van der Waals surface area contributed by atoms with E-state index in [1.807, 2.05) is 10.6 Å². The van der Waals surface area contributed by atoms with E-state index in [1.165, 1.54) is 12.8 Å². The molecule has 2 heterocycles. The molecule has 1 saturated carbocycles. The second-order valence-corrected chi connectivity index (χ2v) is 4.00. The maximum Gasteiger partial charge on any atom is 0.180 e. The number of fused-ring (bicyclic) bond motifs is 1. The van der Waals surface area contributed by atoms with Gasteiger partial charge in [-0.15, -0.1) is 0 Å². The highest BCUT2D eigenvalue weighted by Gasteiger charge is 2.21. The average molecular weight is 203 g/mol. The average Bonchev–Trinajstić information content (AvgIpc) is 2.92. The van der Waals surface area contributed by atoms with E-state index in [0.29, 0.717) is 5.82 Å². The number of imidazole rings is 1. The van der Waals surface area contributed by atoms with Gasteiger partial charge in [-0.05, 0) is 18.8 Å². The molecule has 5 nitrogen and oxygen atoms in total. The topological polar surface area (TPSA) is 68.2 Å². The SMILES string of the molecule is Nc1cn2ccnc2c(NCC2CC2)n1. The number of nitrogen functional groups attached to an aromatic ring is 1. The second kappa shape index (κ2) is 3.12. The summed E-state index contributed by atoms with van der Waals surface area (Å²) >= 11 is 0. The van der Waals surface area contributed by atoms with E-state index in [2.05, 4.69) is 15.3 Å². The van der Waals surface area contributed by atoms with E-state index >= 15 is 0 Å². The summed E-state index contributed by atoms with van der Waals surface area (Å²) in [7, 11) is 0. The monoisotopic (exact) mass is 203 g/mol. The van der Waals surface area contributed by atoms with Crippen LogP contribution >= 0.6 is 0 Å². The van der Waals surface area contributed by atoms with E-state index in [4.69, 9.17) is 5.73 Å². The van der Waals surface area contributed by atoms with Crippen LogP contribution < -0.4 is 11.1 Å². The van der Waals surface area contributed by atoms with Crippen molar-refractivity contribution in [2.24, 2.45) is 5.92 Å². The number of hydrogen-bond acceptors (Lipinski definition) is 4. The summed E-state index contributed by atoms with van der Waals surface area (Å²) in [5, 5.41) is 3.30. The van der Waals surface area contributed by atoms with Crippen molar-refractivity contribution < 1.29 is 0 Å². The summed E-state index contributed by atoms with van der Waals surface area (Å²) in [5.41, 5.74) is 6.54. The van der Waals surface area contributed by atoms with Crippen molar-refractivity contribution in [3.8, 4) is 0 Å². The Hall–Kier alpha value is -1.78. The lowest BCUT2D eigenvalue weighted by Crippen LogP contribution is -2.08. The predicted octanol–water partition coefficient (Wildman–Crippen LogP) is 1.13. The van der Waals surface area contributed by atoms with Gasteiger partial charge in [0.15, 0.2) is 11.5 Å². The predicted molar refractivity (Wildman–Crippen MR) is 58.6 cm³/mol. The zero-order valence-corrected chi connectivity index (χ0v) is 8.35. The third kappa shape index (κ3) is 1.60. The lowest BCUT2D eigenvalue weighted by atomic mass is 10.4. The molecule has 0 unspecified atom stereocenters. The molecule has 0 amide bonds. The Bertz CT molecular complexity index is 486. The molecule has 0 atom stereocenters. The van der Waals surface area contributed by atoms with Gasteiger partial charge in [-0.1, -0.05) is 0 Å². The van der Waals surface area contributed by atoms with Crippen molar-refractivity contribution in [2.75, 3.05) is 17.6 Å². The Kier molecular flexibility index (Phi) is 1.77. The Morgan fingerprint density at radius 3 is 3.20 bits per heavy atom. The van der Waals surface area contributed by atoms with Gasteiger partial charge >= 0.3 is 0 Å². The van der Waals surface area contributed by atoms with Crippen LogP contribution in [0.2, 0.25) is 0 Å². The fourth-order valence-corrected chi connectivity index (χ4v) is 1.63. The van der Waals surface area contributed by atoms with Gasteiger partial charge < -0.3 is 15.5 Å². The van der Waals surface area contributed by atoms with E-state index in [1.54, 1.807) is 12.4 Å². The van der Waals surface area contributed by atoms with Crippen LogP contribution in [0.25, 0.3) is 5.65 Å². The first-order valence-corrected chi connectivity index (χ1v) is 5.16. The maximum absolute atomic E-state index is 5.71. The van der Waals surface area contributed by atoms with Crippen molar-refractivity contribution in [1.29, 1.82) is 0 Å². The van der Waals surface area contributed by atoms with Crippen molar-refractivity contribution in [2.45, 2.75) is 12.8 Å². The minimum Gasteiger partial charge on any atom is -0.382 e. The van der Waals surface area contributed by atoms with Crippen LogP contribution in [0.4, 0.5) is 11.6 Å². The second-order valence-electron chi connectivity index (χ2n) is 4.00. The normalized spacial score (nSPS) is 15.7. The largest absolute Gasteiger partial charge is 0.382 e. The van der Waals surface area contributed by atoms with Crippen LogP contribution in [-0.2, 0) is 0 Å². The molecule has 0 radical (unpaired) electrons. The summed E-state index contributed by atoms with van der Waals surface area (Å²) in [6, 6.07) is 0. The Morgan fingerprint density at radius 1 is 1.53 bits per heavy atom. The summed E-state index contributed by atoms with van der Waals surface area (Å²) < 4.78 is 1.89. The molecule has 1 aliphatic carbocycles. The smallest absolute Gasteiger partial charge is 0.180 e. The Labute approximate surface area is 87.3 Å². The molecule has 1 aliphatic rings. The van der Waals surface area contributed by atoms with E-state index in [0.717, 1.165) is 23.9 Å². The van der Waals surface area contributed by atoms with Gasteiger partial charge in [-0.2, -0.15) is 0 Å². The van der Waals surface area contributed by atoms with Crippen LogP contribution in [0, 0.1) is 5.92 Å². The van der Waals surface area contributed by atoms with E-state index < -0.39 is 0 Å². The van der Waals surface area contributed by atoms with Gasteiger partial charge in [0.1, 0.15) is 5.82 Å². The van der Waals surface area contributed by atoms with Gasteiger partial charge in [0.05, 0.1) is 6.20 Å². The van der Waals surface area contributed by atoms with Gasteiger partial charge in [0.2, 0.25) is 0 Å². The zero-order chi connectivity index (χ0) is 10.3. The zero-order valence-electron chi connectivity index (χ0n) is 8.35. The molecular formula is C10H13N5. The lowest BCUT2D eigenvalue weighted by molar-refractivity contribution is 0.882. The molecule has 0 saturated heterocycles. The Morgan fingerprint density at radius 2 is 2.40 bits per heavy atom. The van der Waals surface area contributed by atoms with Gasteiger partial charge in [0, 0.05) is 18.9 Å². The highest BCUT2D eigenvalue weighted by atomic mass is 15.1. The minimum atomic E-state index is 0.513. The molecular weight excluding hydrogens is 190 g/mol. The van der Waals surface area contributed by atoms with Crippen LogP contribution in [-0.4, -0.2) is 20.9 Å². The minimum absolute atomic E-state index is 0.513. The molecule has 2 aromatic heterocycles. The highest BCUT2D eigenvalue weighted by molar-refractivity contribution is 5.64. The summed E-state index contributed by atoms with van der Waals surface area (Å²) in [5.74, 6) is 2.11. The quantitative estimate of drug-likeness (QED) is 0.784. The van der Waals surface area contributed by atoms with Crippen LogP contribution in [0.1, 0.15) is 12.8 Å². The molecule has 0 aromatic carbocycles. The van der Waals surface area contributed by atoms with Gasteiger partial charge in [0.25, 0.3) is 0 Å². The number of hydrogen-bond donors (Lipinski definition) is 2. The highest BCUT2D eigenvalue weighted by Crippen LogP contribution is 2.29. The molecule has 3 rings (SSSR count). The van der Waals surface area contributed by atoms with Gasteiger partial charge in [-0.3, -0.25) is 0 Å². The summed E-state index contributed by atoms with van der Waals surface area (Å²) in [4.78, 5) is 8.50. The van der Waals surface area contributed by atoms with Crippen LogP contribution in [0.15, 0.2) is 18.6 Å². The number of aromatic nitrogens is 3. The van der Waals surface area contributed by atoms with Crippen molar-refractivity contribution >= 4 is 17.3 Å². The van der Waals surface area contributed by atoms with Gasteiger partial charge in [-0.25, -0.2) is 9.97 Å². The summed E-state index contributed by atoms with van der Waals surface area (Å²) in [6.45, 7) is 0.971. The summed E-state index contributed by atoms with van der Waals surface area (Å²) in [6.07, 6.45) is 8.03. The Balaban J connectivity index is 1.95. The fraction of sp³-hybridized carbons (Fsp3) is 0.400. The lowest BCUT2D eigenvalue weighted by Gasteiger charge is -2.06. The standard InChI is InChI=1S/C10H13N5/c11-8-6-15-4-3-12-10(15)9(14-8)13-5-7-1-2-7/h3-4,6-7H,1-2,5,11H2,(H,13,14). The number of nitrogens with two attached hydrogens (primary N) is 1. The molecule has 0 aliphatic heterocycles. The van der Waals surface area contributed by atoms with Crippen LogP contribution in [0.5, 0.6) is 0 Å². The number of rotatable bonds is 3. The maximum atomic E-state index is 5.71. The first kappa shape index (κ1) is 8.52. The molecule has 78 valence electrons. The first-order chi connectivity index (χ1) is 7.33. The molecule has 2 aromatic rings. The molecule has 5 heteroatoms. The van der Waals surface area contributed by atoms with Crippen molar-refractivity contribution in [3.05, 3.63) is 18.6 Å². The number of anilines is 2. The number of nitrogens with zero attached hydrogens (tertiary/aromatic N) is 3. The van der Waals surface area contributed by atoms with E-state index in [9.17, 15) is 0 Å². The molecule has 0 bridgehead atoms. The third-order valence-electron chi connectivity index (χ3n) is 2.65. The molecule has 1 fully saturated rings. The number of nitrogens with one attached hydrogen (secondary N) is 1. The van der Waals surface area contributed by atoms with Crippen LogP contribution in [0.3, 0.4) is 0 Å². The van der Waals surface area contributed by atoms with E-state index in [-0.39, 0.29) is 0 Å². The fourth-order valence-electron chi connectivity index (χ4n) is 1.63. The molecule has 0 spiro atoms. The third-order valence-corrected chi connectivity index (χ3v) is 2.65. The molecule has 3 N–H and O–H groups in total. The molecule has 15 heavy (non-hydrogen) atoms. The van der Waals surface area contributed by atoms with Crippen molar-refractivity contribution in [3.63, 3.8) is 0 Å².